The Hall–Kier alpha value is -3.71. The van der Waals surface area contributed by atoms with Crippen molar-refractivity contribution < 1.29 is 27.2 Å². The van der Waals surface area contributed by atoms with Crippen LogP contribution in [0.2, 0.25) is 0 Å². The quantitative estimate of drug-likeness (QED) is 0.638. The van der Waals surface area contributed by atoms with Gasteiger partial charge >= 0.3 is 18.2 Å². The van der Waals surface area contributed by atoms with Crippen LogP contribution in [0.5, 0.6) is 0 Å². The molecule has 3 aliphatic rings. The summed E-state index contributed by atoms with van der Waals surface area (Å²) in [6.45, 7) is 0.274. The highest BCUT2D eigenvalue weighted by atomic mass is 19.4. The van der Waals surface area contributed by atoms with Crippen molar-refractivity contribution in [3.05, 3.63) is 40.0 Å². The maximum atomic E-state index is 15.1. The number of nitrogens with one attached hydrogen (secondary N) is 2. The number of rotatable bonds is 3. The first kappa shape index (κ1) is 23.4. The summed E-state index contributed by atoms with van der Waals surface area (Å²) in [5.41, 5.74) is -1.48. The summed E-state index contributed by atoms with van der Waals surface area (Å²) >= 11 is 0. The highest BCUT2D eigenvalue weighted by molar-refractivity contribution is 6.14. The number of alkyl halides is 4. The summed E-state index contributed by atoms with van der Waals surface area (Å²) in [6.07, 6.45) is -2.75. The summed E-state index contributed by atoms with van der Waals surface area (Å²) < 4.78 is 55.0. The van der Waals surface area contributed by atoms with Crippen LogP contribution in [0, 0.1) is 0 Å². The van der Waals surface area contributed by atoms with E-state index in [0.717, 1.165) is 16.5 Å². The number of pyridine rings is 1. The largest absolute Gasteiger partial charge is 0.417 e. The number of halogens is 4. The SMILES string of the molecule is CN(C(=O)Nc1cc(C(F)(F)F)cn(C)c1=O)[C@@H]1CCN(C2=CC3=NC(=O)NC3N=C2)C[C@@H]1F. The lowest BCUT2D eigenvalue weighted by Crippen LogP contribution is -2.54. The fourth-order valence-corrected chi connectivity index (χ4v) is 4.01. The number of aliphatic imine (C=N–C) groups is 2. The smallest absolute Gasteiger partial charge is 0.367 e. The van der Waals surface area contributed by atoms with Crippen molar-refractivity contribution in [2.24, 2.45) is 17.0 Å². The van der Waals surface area contributed by atoms with Crippen molar-refractivity contribution in [1.82, 2.24) is 19.7 Å². The molecule has 1 aromatic heterocycles. The molecule has 4 heterocycles. The van der Waals surface area contributed by atoms with Gasteiger partial charge in [-0.3, -0.25) is 9.79 Å². The predicted molar refractivity (Wildman–Crippen MR) is 115 cm³/mol. The van der Waals surface area contributed by atoms with Crippen LogP contribution in [0.25, 0.3) is 0 Å². The van der Waals surface area contributed by atoms with E-state index in [2.05, 4.69) is 20.6 Å². The van der Waals surface area contributed by atoms with Gasteiger partial charge in [-0.1, -0.05) is 0 Å². The number of aryl methyl sites for hydroxylation is 1. The van der Waals surface area contributed by atoms with Crippen molar-refractivity contribution in [3.8, 4) is 0 Å². The molecule has 4 amide bonds. The van der Waals surface area contributed by atoms with Crippen molar-refractivity contribution in [2.75, 3.05) is 25.5 Å². The van der Waals surface area contributed by atoms with Gasteiger partial charge in [-0.05, 0) is 18.6 Å². The van der Waals surface area contributed by atoms with Crippen LogP contribution in [-0.2, 0) is 13.2 Å². The van der Waals surface area contributed by atoms with E-state index in [0.29, 0.717) is 30.2 Å². The summed E-state index contributed by atoms with van der Waals surface area (Å²) in [7, 11) is 2.45. The number of hydrogen-bond acceptors (Lipinski definition) is 5. The lowest BCUT2D eigenvalue weighted by molar-refractivity contribution is -0.138. The lowest BCUT2D eigenvalue weighted by Gasteiger charge is -2.40. The van der Waals surface area contributed by atoms with Gasteiger partial charge in [-0.2, -0.15) is 18.2 Å². The molecule has 0 bridgehead atoms. The maximum absolute atomic E-state index is 15.1. The number of carbonyl (C=O) groups is 2. The van der Waals surface area contributed by atoms with Gasteiger partial charge in [0.25, 0.3) is 5.56 Å². The Morgan fingerprint density at radius 3 is 2.74 bits per heavy atom. The monoisotopic (exact) mass is 483 g/mol. The molecular weight excluding hydrogens is 462 g/mol. The topological polar surface area (TPSA) is 111 Å². The highest BCUT2D eigenvalue weighted by Gasteiger charge is 2.37. The molecule has 0 radical (unpaired) electrons. The number of aromatic nitrogens is 1. The minimum Gasteiger partial charge on any atom is -0.367 e. The fraction of sp³-hybridized carbons (Fsp3) is 0.450. The number of dihydropyridines is 1. The number of urea groups is 2. The average molecular weight is 483 g/mol. The zero-order valence-electron chi connectivity index (χ0n) is 18.1. The molecule has 34 heavy (non-hydrogen) atoms. The number of amides is 4. The molecule has 1 fully saturated rings. The number of nitrogens with zero attached hydrogens (tertiary/aromatic N) is 5. The van der Waals surface area contributed by atoms with E-state index in [1.807, 2.05) is 0 Å². The van der Waals surface area contributed by atoms with Crippen LogP contribution in [0.4, 0.5) is 32.8 Å². The number of piperidine rings is 1. The Morgan fingerprint density at radius 1 is 1.32 bits per heavy atom. The second kappa shape index (κ2) is 8.57. The molecule has 2 N–H and O–H groups in total. The maximum Gasteiger partial charge on any atom is 0.417 e. The van der Waals surface area contributed by atoms with Gasteiger partial charge in [0.05, 0.1) is 29.6 Å². The van der Waals surface area contributed by atoms with Gasteiger partial charge in [0, 0.05) is 33.1 Å². The van der Waals surface area contributed by atoms with Gasteiger partial charge in [0.15, 0.2) is 6.17 Å². The van der Waals surface area contributed by atoms with E-state index in [-0.39, 0.29) is 13.0 Å². The molecule has 1 unspecified atom stereocenters. The van der Waals surface area contributed by atoms with E-state index < -0.39 is 53.4 Å². The van der Waals surface area contributed by atoms with Crippen LogP contribution in [0.3, 0.4) is 0 Å². The summed E-state index contributed by atoms with van der Waals surface area (Å²) in [5.74, 6) is 0. The highest BCUT2D eigenvalue weighted by Crippen LogP contribution is 2.30. The molecule has 1 aromatic rings. The molecule has 3 atom stereocenters. The van der Waals surface area contributed by atoms with Crippen LogP contribution in [0.1, 0.15) is 12.0 Å². The molecule has 0 saturated carbocycles. The fourth-order valence-electron chi connectivity index (χ4n) is 4.01. The summed E-state index contributed by atoms with van der Waals surface area (Å²) in [5, 5.41) is 4.72. The molecule has 0 aliphatic carbocycles. The molecule has 0 aromatic carbocycles. The van der Waals surface area contributed by atoms with Gasteiger partial charge in [-0.15, -0.1) is 0 Å². The molecule has 10 nitrogen and oxygen atoms in total. The number of allylic oxidation sites excluding steroid dienone is 1. The van der Waals surface area contributed by atoms with Crippen LogP contribution >= 0.6 is 0 Å². The van der Waals surface area contributed by atoms with E-state index in [1.165, 1.54) is 13.3 Å². The molecule has 4 rings (SSSR count). The molecule has 182 valence electrons. The van der Waals surface area contributed by atoms with Crippen LogP contribution < -0.4 is 16.2 Å². The Kier molecular flexibility index (Phi) is 5.91. The van der Waals surface area contributed by atoms with Gasteiger partial charge < -0.3 is 25.0 Å². The Bertz CT molecular complexity index is 1170. The second-order valence-corrected chi connectivity index (χ2v) is 8.15. The first-order valence-corrected chi connectivity index (χ1v) is 10.3. The number of fused-ring (bicyclic) bond motifs is 1. The van der Waals surface area contributed by atoms with Crippen molar-refractivity contribution in [1.29, 1.82) is 0 Å². The molecule has 0 spiro atoms. The minimum absolute atomic E-state index is 0.0786. The van der Waals surface area contributed by atoms with Crippen molar-refractivity contribution in [3.63, 3.8) is 0 Å². The standard InChI is InChI=1S/C20H21F4N7O3/c1-29-8-10(20(22,23)24)5-14(17(29)32)27-19(34)30(2)15-3-4-31(9-12(15)21)11-6-13-16(25-7-11)28-18(33)26-13/h5-8,12,15-16H,3-4,9H2,1-2H3,(H,27,34)(H,28,33)/t12-,15+,16?/m0/s1. The number of carbonyl (C=O) groups excluding carboxylic acids is 2. The Balaban J connectivity index is 1.43. The number of anilines is 1. The zero-order valence-corrected chi connectivity index (χ0v) is 18.1. The van der Waals surface area contributed by atoms with E-state index in [4.69, 9.17) is 0 Å². The first-order valence-electron chi connectivity index (χ1n) is 10.3. The Labute approximate surface area is 190 Å². The zero-order chi connectivity index (χ0) is 24.8. The van der Waals surface area contributed by atoms with Crippen molar-refractivity contribution in [2.45, 2.75) is 31.0 Å². The summed E-state index contributed by atoms with van der Waals surface area (Å²) in [6, 6.07) is -1.72. The molecule has 1 saturated heterocycles. The van der Waals surface area contributed by atoms with Crippen LogP contribution in [-0.4, -0.2) is 76.9 Å². The Morgan fingerprint density at radius 2 is 2.06 bits per heavy atom. The molecule has 3 aliphatic heterocycles. The number of likely N-dealkylation sites (tertiary alicyclic amines) is 1. The van der Waals surface area contributed by atoms with E-state index in [1.54, 1.807) is 11.0 Å². The third-order valence-electron chi connectivity index (χ3n) is 5.86. The minimum atomic E-state index is -4.71. The average Bonchev–Trinajstić information content (AvgIpc) is 3.14. The number of hydrogen-bond donors (Lipinski definition) is 2. The second-order valence-electron chi connectivity index (χ2n) is 8.15. The lowest BCUT2D eigenvalue weighted by atomic mass is 10.0. The normalized spacial score (nSPS) is 24.2. The van der Waals surface area contributed by atoms with Gasteiger partial charge in [0.1, 0.15) is 11.9 Å². The summed E-state index contributed by atoms with van der Waals surface area (Å²) in [4.78, 5) is 47.0. The molecular formula is C20H21F4N7O3. The third kappa shape index (κ3) is 4.52. The first-order chi connectivity index (χ1) is 15.9. The van der Waals surface area contributed by atoms with Gasteiger partial charge in [-0.25, -0.2) is 14.0 Å². The molecule has 14 heteroatoms. The van der Waals surface area contributed by atoms with E-state index in [9.17, 15) is 27.6 Å². The van der Waals surface area contributed by atoms with Crippen molar-refractivity contribution >= 4 is 29.7 Å². The van der Waals surface area contributed by atoms with Gasteiger partial charge in [0.2, 0.25) is 0 Å². The predicted octanol–water partition coefficient (Wildman–Crippen LogP) is 1.74. The third-order valence-corrected chi connectivity index (χ3v) is 5.86. The van der Waals surface area contributed by atoms with Crippen LogP contribution in [0.15, 0.2) is 38.8 Å². The van der Waals surface area contributed by atoms with E-state index >= 15 is 4.39 Å².